The van der Waals surface area contributed by atoms with Crippen LogP contribution in [0.5, 0.6) is 0 Å². The van der Waals surface area contributed by atoms with Gasteiger partial charge in [0.15, 0.2) is 0 Å². The van der Waals surface area contributed by atoms with Crippen LogP contribution >= 0.6 is 0 Å². The summed E-state index contributed by atoms with van der Waals surface area (Å²) in [4.78, 5) is 11.1. The maximum absolute atomic E-state index is 11.9. The van der Waals surface area contributed by atoms with E-state index >= 15 is 0 Å². The first kappa shape index (κ1) is 10.8. The molecular weight excluding hydrogens is 197 g/mol. The summed E-state index contributed by atoms with van der Waals surface area (Å²) in [5.41, 5.74) is 5.06. The Balaban J connectivity index is 2.96. The number of nitrogens with zero attached hydrogens (tertiary/aromatic N) is 1. The van der Waals surface area contributed by atoms with E-state index in [9.17, 15) is 18.0 Å². The maximum atomic E-state index is 11.9. The number of pyridine rings is 1. The van der Waals surface area contributed by atoms with Crippen LogP contribution in [0.2, 0.25) is 0 Å². The highest BCUT2D eigenvalue weighted by Crippen LogP contribution is 2.16. The summed E-state index contributed by atoms with van der Waals surface area (Å²) in [6, 6.07) is 2.50. The molecule has 14 heavy (non-hydrogen) atoms. The van der Waals surface area contributed by atoms with Crippen molar-refractivity contribution in [3.05, 3.63) is 34.2 Å². The van der Waals surface area contributed by atoms with Gasteiger partial charge in [-0.15, -0.1) is 0 Å². The van der Waals surface area contributed by atoms with Crippen molar-refractivity contribution in [2.24, 2.45) is 5.73 Å². The smallest absolute Gasteiger partial charge is 0.326 e. The number of halogens is 3. The number of nitrogens with two attached hydrogens (primary N) is 1. The van der Waals surface area contributed by atoms with Gasteiger partial charge in [0.05, 0.1) is 0 Å². The normalized spacial score (nSPS) is 11.7. The van der Waals surface area contributed by atoms with Gasteiger partial charge in [0.1, 0.15) is 6.54 Å². The zero-order valence-electron chi connectivity index (χ0n) is 7.21. The molecule has 0 amide bonds. The first-order chi connectivity index (χ1) is 6.42. The molecule has 0 radical (unpaired) electrons. The zero-order valence-corrected chi connectivity index (χ0v) is 7.21. The van der Waals surface area contributed by atoms with Crippen molar-refractivity contribution < 1.29 is 13.2 Å². The third-order valence-corrected chi connectivity index (χ3v) is 1.65. The Morgan fingerprint density at radius 1 is 1.43 bits per heavy atom. The van der Waals surface area contributed by atoms with E-state index in [0.717, 1.165) is 12.3 Å². The van der Waals surface area contributed by atoms with Crippen molar-refractivity contribution >= 4 is 0 Å². The molecule has 1 heterocycles. The highest BCUT2D eigenvalue weighted by molar-refractivity contribution is 5.10. The first-order valence-corrected chi connectivity index (χ1v) is 3.88. The van der Waals surface area contributed by atoms with Crippen molar-refractivity contribution in [3.63, 3.8) is 0 Å². The lowest BCUT2D eigenvalue weighted by atomic mass is 10.3. The van der Waals surface area contributed by atoms with Crippen LogP contribution in [0.4, 0.5) is 13.2 Å². The minimum atomic E-state index is -4.38. The molecule has 6 heteroatoms. The molecule has 0 atom stereocenters. The van der Waals surface area contributed by atoms with Crippen molar-refractivity contribution in [3.8, 4) is 0 Å². The van der Waals surface area contributed by atoms with E-state index in [1.54, 1.807) is 0 Å². The Labute approximate surface area is 78.0 Å². The standard InChI is InChI=1S/C8H9F3N2O/c9-8(10,11)5-13-2-1-6(4-12)3-7(13)14/h1-3H,4-5,12H2. The predicted octanol–water partition coefficient (Wildman–Crippen LogP) is 0.869. The van der Waals surface area contributed by atoms with E-state index in [1.807, 2.05) is 0 Å². The predicted molar refractivity (Wildman–Crippen MR) is 44.6 cm³/mol. The van der Waals surface area contributed by atoms with E-state index in [-0.39, 0.29) is 6.54 Å². The Morgan fingerprint density at radius 2 is 2.07 bits per heavy atom. The molecule has 0 fully saturated rings. The fraction of sp³-hybridized carbons (Fsp3) is 0.375. The van der Waals surface area contributed by atoms with Gasteiger partial charge in [0.2, 0.25) is 0 Å². The van der Waals surface area contributed by atoms with Crippen molar-refractivity contribution in [1.29, 1.82) is 0 Å². The summed E-state index contributed by atoms with van der Waals surface area (Å²) in [5.74, 6) is 0. The number of hydrogen-bond donors (Lipinski definition) is 1. The van der Waals surface area contributed by atoms with Crippen LogP contribution in [0.15, 0.2) is 23.1 Å². The molecule has 0 saturated heterocycles. The fourth-order valence-electron chi connectivity index (χ4n) is 1.000. The van der Waals surface area contributed by atoms with Gasteiger partial charge < -0.3 is 10.3 Å². The molecule has 1 aromatic heterocycles. The molecule has 3 nitrogen and oxygen atoms in total. The van der Waals surface area contributed by atoms with Gasteiger partial charge in [-0.3, -0.25) is 4.79 Å². The Kier molecular flexibility index (Phi) is 2.95. The van der Waals surface area contributed by atoms with Gasteiger partial charge in [-0.2, -0.15) is 13.2 Å². The molecule has 0 spiro atoms. The Bertz CT molecular complexity index is 370. The van der Waals surface area contributed by atoms with E-state index in [2.05, 4.69) is 0 Å². The molecular formula is C8H9F3N2O. The molecule has 1 rings (SSSR count). The van der Waals surface area contributed by atoms with Gasteiger partial charge in [0, 0.05) is 18.8 Å². The lowest BCUT2D eigenvalue weighted by Gasteiger charge is -2.09. The third-order valence-electron chi connectivity index (χ3n) is 1.65. The summed E-state index contributed by atoms with van der Waals surface area (Å²) >= 11 is 0. The largest absolute Gasteiger partial charge is 0.406 e. The maximum Gasteiger partial charge on any atom is 0.406 e. The van der Waals surface area contributed by atoms with Crippen LogP contribution in [-0.4, -0.2) is 10.7 Å². The average Bonchev–Trinajstić information content (AvgIpc) is 2.06. The molecule has 0 aromatic carbocycles. The second kappa shape index (κ2) is 3.83. The van der Waals surface area contributed by atoms with Crippen LogP contribution in [0.1, 0.15) is 5.56 Å². The second-order valence-corrected chi connectivity index (χ2v) is 2.82. The topological polar surface area (TPSA) is 48.0 Å². The zero-order chi connectivity index (χ0) is 10.8. The molecule has 2 N–H and O–H groups in total. The SMILES string of the molecule is NCc1ccn(CC(F)(F)F)c(=O)c1. The molecule has 0 aliphatic heterocycles. The molecule has 0 unspecified atom stereocenters. The van der Waals surface area contributed by atoms with Crippen LogP contribution < -0.4 is 11.3 Å². The fourth-order valence-corrected chi connectivity index (χ4v) is 1.000. The minimum absolute atomic E-state index is 0.141. The summed E-state index contributed by atoms with van der Waals surface area (Å²) in [6.45, 7) is -1.13. The molecule has 0 bridgehead atoms. The van der Waals surface area contributed by atoms with Gasteiger partial charge in [-0.05, 0) is 11.6 Å². The van der Waals surface area contributed by atoms with Crippen LogP contribution in [0, 0.1) is 0 Å². The van der Waals surface area contributed by atoms with E-state index in [0.29, 0.717) is 10.1 Å². The summed E-state index contributed by atoms with van der Waals surface area (Å²) in [7, 11) is 0. The highest BCUT2D eigenvalue weighted by atomic mass is 19.4. The molecule has 1 aromatic rings. The van der Waals surface area contributed by atoms with Gasteiger partial charge in [0.25, 0.3) is 5.56 Å². The minimum Gasteiger partial charge on any atom is -0.326 e. The Hall–Kier alpha value is -1.30. The molecule has 0 saturated carbocycles. The lowest BCUT2D eigenvalue weighted by molar-refractivity contribution is -0.141. The summed E-state index contributed by atoms with van der Waals surface area (Å²) in [5, 5.41) is 0. The lowest BCUT2D eigenvalue weighted by Crippen LogP contribution is -2.27. The number of rotatable bonds is 2. The molecule has 78 valence electrons. The second-order valence-electron chi connectivity index (χ2n) is 2.82. The highest BCUT2D eigenvalue weighted by Gasteiger charge is 2.28. The van der Waals surface area contributed by atoms with Crippen LogP contribution in [-0.2, 0) is 13.1 Å². The van der Waals surface area contributed by atoms with Crippen LogP contribution in [0.25, 0.3) is 0 Å². The monoisotopic (exact) mass is 206 g/mol. The van der Waals surface area contributed by atoms with Crippen LogP contribution in [0.3, 0.4) is 0 Å². The van der Waals surface area contributed by atoms with Gasteiger partial charge in [-0.25, -0.2) is 0 Å². The van der Waals surface area contributed by atoms with Gasteiger partial charge in [-0.1, -0.05) is 0 Å². The third kappa shape index (κ3) is 2.88. The van der Waals surface area contributed by atoms with Crippen molar-refractivity contribution in [2.45, 2.75) is 19.3 Å². The first-order valence-electron chi connectivity index (χ1n) is 3.88. The molecule has 0 aliphatic carbocycles. The molecule has 0 aliphatic rings. The van der Waals surface area contributed by atoms with Gasteiger partial charge >= 0.3 is 6.18 Å². The van der Waals surface area contributed by atoms with E-state index < -0.39 is 18.3 Å². The summed E-state index contributed by atoms with van der Waals surface area (Å²) < 4.78 is 36.4. The number of aromatic nitrogens is 1. The summed E-state index contributed by atoms with van der Waals surface area (Å²) in [6.07, 6.45) is -3.29. The number of alkyl halides is 3. The quantitative estimate of drug-likeness (QED) is 0.780. The average molecular weight is 206 g/mol. The Morgan fingerprint density at radius 3 is 2.50 bits per heavy atom. The van der Waals surface area contributed by atoms with Crippen molar-refractivity contribution in [2.75, 3.05) is 0 Å². The number of hydrogen-bond acceptors (Lipinski definition) is 2. The van der Waals surface area contributed by atoms with E-state index in [1.165, 1.54) is 6.07 Å². The van der Waals surface area contributed by atoms with Crippen molar-refractivity contribution in [1.82, 2.24) is 4.57 Å². The van der Waals surface area contributed by atoms with E-state index in [4.69, 9.17) is 5.73 Å².